The summed E-state index contributed by atoms with van der Waals surface area (Å²) in [6.45, 7) is 4.29. The molecule has 0 N–H and O–H groups in total. The van der Waals surface area contributed by atoms with E-state index in [0.29, 0.717) is 28.4 Å². The summed E-state index contributed by atoms with van der Waals surface area (Å²) in [6, 6.07) is 9.63. The van der Waals surface area contributed by atoms with Crippen molar-refractivity contribution in [2.75, 3.05) is 0 Å². The highest BCUT2D eigenvalue weighted by atomic mass is 16.5. The second-order valence-corrected chi connectivity index (χ2v) is 7.64. The van der Waals surface area contributed by atoms with E-state index in [1.54, 1.807) is 30.3 Å². The van der Waals surface area contributed by atoms with Crippen molar-refractivity contribution in [1.29, 1.82) is 0 Å². The van der Waals surface area contributed by atoms with Crippen LogP contribution in [0.1, 0.15) is 56.1 Å². The number of carbonyl (C=O) groups is 1. The molecule has 2 fully saturated rings. The SMILES string of the molecule is CC[C@@]1(C2CC2)O[C@@H](n2ccc(=O)n(C(=O)c3ccccc3)c2=O)C[C@@H]1C. The quantitative estimate of drug-likeness (QED) is 0.832. The summed E-state index contributed by atoms with van der Waals surface area (Å²) in [4.78, 5) is 38.0. The minimum absolute atomic E-state index is 0.214. The summed E-state index contributed by atoms with van der Waals surface area (Å²) in [5, 5.41) is 0. The molecule has 0 unspecified atom stereocenters. The van der Waals surface area contributed by atoms with Gasteiger partial charge < -0.3 is 4.74 Å². The molecule has 2 aromatic rings. The molecule has 2 heterocycles. The van der Waals surface area contributed by atoms with Gasteiger partial charge >= 0.3 is 5.69 Å². The largest absolute Gasteiger partial charge is 0.351 e. The van der Waals surface area contributed by atoms with Gasteiger partial charge in [0.15, 0.2) is 0 Å². The van der Waals surface area contributed by atoms with Crippen LogP contribution in [0.5, 0.6) is 0 Å². The molecule has 1 aliphatic heterocycles. The van der Waals surface area contributed by atoms with E-state index in [-0.39, 0.29) is 5.60 Å². The number of carbonyl (C=O) groups excluding carboxylic acids is 1. The van der Waals surface area contributed by atoms with Gasteiger partial charge in [-0.2, -0.15) is 4.57 Å². The van der Waals surface area contributed by atoms with Crippen molar-refractivity contribution < 1.29 is 9.53 Å². The van der Waals surface area contributed by atoms with Gasteiger partial charge in [-0.3, -0.25) is 14.2 Å². The zero-order chi connectivity index (χ0) is 19.2. The van der Waals surface area contributed by atoms with Crippen molar-refractivity contribution in [1.82, 2.24) is 9.13 Å². The van der Waals surface area contributed by atoms with Gasteiger partial charge in [0.2, 0.25) is 0 Å². The molecule has 1 aliphatic carbocycles. The second kappa shape index (κ2) is 6.60. The average Bonchev–Trinajstić information content (AvgIpc) is 3.47. The lowest BCUT2D eigenvalue weighted by Crippen LogP contribution is -2.44. The summed E-state index contributed by atoms with van der Waals surface area (Å²) >= 11 is 0. The van der Waals surface area contributed by atoms with Crippen LogP contribution in [-0.2, 0) is 4.74 Å². The van der Waals surface area contributed by atoms with Crippen molar-refractivity contribution in [2.45, 2.75) is 51.4 Å². The van der Waals surface area contributed by atoms with Crippen molar-refractivity contribution in [3.05, 3.63) is 69.0 Å². The van der Waals surface area contributed by atoms with E-state index in [4.69, 9.17) is 4.74 Å². The van der Waals surface area contributed by atoms with Gasteiger partial charge in [0.25, 0.3) is 11.5 Å². The number of benzene rings is 1. The Morgan fingerprint density at radius 3 is 2.52 bits per heavy atom. The maximum absolute atomic E-state index is 13.0. The molecule has 4 rings (SSSR count). The predicted octanol–water partition coefficient (Wildman–Crippen LogP) is 2.81. The first kappa shape index (κ1) is 17.9. The molecule has 0 spiro atoms. The number of hydrogen-bond donors (Lipinski definition) is 0. The number of nitrogens with zero attached hydrogens (tertiary/aromatic N) is 2. The van der Waals surface area contributed by atoms with Crippen LogP contribution in [0.25, 0.3) is 0 Å². The fourth-order valence-corrected chi connectivity index (χ4v) is 4.49. The number of hydrogen-bond acceptors (Lipinski definition) is 4. The van der Waals surface area contributed by atoms with Crippen molar-refractivity contribution in [3.8, 4) is 0 Å². The van der Waals surface area contributed by atoms with Crippen LogP contribution in [-0.4, -0.2) is 20.6 Å². The molecular weight excluding hydrogens is 344 g/mol. The van der Waals surface area contributed by atoms with Crippen molar-refractivity contribution in [2.24, 2.45) is 11.8 Å². The molecule has 0 bridgehead atoms. The van der Waals surface area contributed by atoms with Crippen LogP contribution in [0, 0.1) is 11.8 Å². The Labute approximate surface area is 157 Å². The first-order chi connectivity index (χ1) is 13.0. The number of rotatable bonds is 4. The molecular formula is C21H24N2O4. The molecule has 1 aromatic heterocycles. The molecule has 1 aromatic carbocycles. The molecule has 3 atom stereocenters. The molecule has 27 heavy (non-hydrogen) atoms. The number of ether oxygens (including phenoxy) is 1. The maximum Gasteiger partial charge on any atom is 0.340 e. The van der Waals surface area contributed by atoms with Gasteiger partial charge in [-0.05, 0) is 49.7 Å². The third kappa shape index (κ3) is 2.88. The molecule has 6 nitrogen and oxygen atoms in total. The lowest BCUT2D eigenvalue weighted by Gasteiger charge is -2.32. The van der Waals surface area contributed by atoms with E-state index in [1.165, 1.54) is 16.8 Å². The fourth-order valence-electron chi connectivity index (χ4n) is 4.49. The molecule has 0 radical (unpaired) electrons. The Kier molecular flexibility index (Phi) is 4.38. The van der Waals surface area contributed by atoms with Gasteiger partial charge in [-0.15, -0.1) is 0 Å². The first-order valence-corrected chi connectivity index (χ1v) is 9.59. The highest BCUT2D eigenvalue weighted by molar-refractivity contribution is 5.95. The maximum atomic E-state index is 13.0. The van der Waals surface area contributed by atoms with Crippen molar-refractivity contribution >= 4 is 5.91 Å². The Morgan fingerprint density at radius 2 is 1.89 bits per heavy atom. The second-order valence-electron chi connectivity index (χ2n) is 7.64. The Balaban J connectivity index is 1.73. The topological polar surface area (TPSA) is 70.3 Å². The number of aromatic nitrogens is 2. The lowest BCUT2D eigenvalue weighted by molar-refractivity contribution is -0.101. The van der Waals surface area contributed by atoms with E-state index >= 15 is 0 Å². The first-order valence-electron chi connectivity index (χ1n) is 9.59. The molecule has 6 heteroatoms. The van der Waals surface area contributed by atoms with Crippen LogP contribution < -0.4 is 11.2 Å². The van der Waals surface area contributed by atoms with E-state index in [1.807, 2.05) is 0 Å². The summed E-state index contributed by atoms with van der Waals surface area (Å²) in [5.74, 6) is 0.238. The zero-order valence-corrected chi connectivity index (χ0v) is 15.6. The van der Waals surface area contributed by atoms with Crippen LogP contribution in [0.3, 0.4) is 0 Å². The van der Waals surface area contributed by atoms with Gasteiger partial charge in [0.05, 0.1) is 5.60 Å². The van der Waals surface area contributed by atoms with Crippen LogP contribution in [0.2, 0.25) is 0 Å². The summed E-state index contributed by atoms with van der Waals surface area (Å²) in [7, 11) is 0. The van der Waals surface area contributed by atoms with Crippen LogP contribution in [0.15, 0.2) is 52.2 Å². The Bertz CT molecular complexity index is 974. The smallest absolute Gasteiger partial charge is 0.340 e. The zero-order valence-electron chi connectivity index (χ0n) is 15.6. The minimum Gasteiger partial charge on any atom is -0.351 e. The molecule has 1 saturated heterocycles. The van der Waals surface area contributed by atoms with E-state index in [2.05, 4.69) is 13.8 Å². The highest BCUT2D eigenvalue weighted by Gasteiger charge is 2.54. The third-order valence-corrected chi connectivity index (χ3v) is 6.11. The van der Waals surface area contributed by atoms with E-state index < -0.39 is 23.4 Å². The summed E-state index contributed by atoms with van der Waals surface area (Å²) in [5.41, 5.74) is -1.18. The minimum atomic E-state index is -0.642. The fraction of sp³-hybridized carbons (Fsp3) is 0.476. The van der Waals surface area contributed by atoms with Crippen molar-refractivity contribution in [3.63, 3.8) is 0 Å². The lowest BCUT2D eigenvalue weighted by atomic mass is 9.82. The van der Waals surface area contributed by atoms with Gasteiger partial charge in [-0.1, -0.05) is 32.0 Å². The van der Waals surface area contributed by atoms with Gasteiger partial charge in [-0.25, -0.2) is 4.79 Å². The average molecular weight is 368 g/mol. The molecule has 142 valence electrons. The monoisotopic (exact) mass is 368 g/mol. The van der Waals surface area contributed by atoms with E-state index in [0.717, 1.165) is 19.3 Å². The summed E-state index contributed by atoms with van der Waals surface area (Å²) < 4.78 is 8.52. The molecule has 1 saturated carbocycles. The molecule has 2 aliphatic rings. The normalized spacial score (nSPS) is 27.6. The van der Waals surface area contributed by atoms with Crippen LogP contribution in [0.4, 0.5) is 0 Å². The van der Waals surface area contributed by atoms with Gasteiger partial charge in [0.1, 0.15) is 6.23 Å². The van der Waals surface area contributed by atoms with Gasteiger partial charge in [0, 0.05) is 17.8 Å². The van der Waals surface area contributed by atoms with E-state index in [9.17, 15) is 14.4 Å². The van der Waals surface area contributed by atoms with Crippen LogP contribution >= 0.6 is 0 Å². The predicted molar refractivity (Wildman–Crippen MR) is 101 cm³/mol. The highest BCUT2D eigenvalue weighted by Crippen LogP contribution is 2.55. The standard InChI is InChI=1S/C21H24N2O4/c1-3-21(16-9-10-16)14(2)13-18(27-21)22-12-11-17(24)23(20(22)26)19(25)15-7-5-4-6-8-15/h4-8,11-12,14,16,18H,3,9-10,13H2,1-2H3/t14-,18+,21+/m0/s1. The Hall–Kier alpha value is -2.47. The summed E-state index contributed by atoms with van der Waals surface area (Å²) in [6.07, 6.45) is 4.91. The third-order valence-electron chi connectivity index (χ3n) is 6.11. The Morgan fingerprint density at radius 1 is 1.19 bits per heavy atom. The molecule has 0 amide bonds.